The quantitative estimate of drug-likeness (QED) is 0.187. The number of hydrogen-bond acceptors (Lipinski definition) is 9. The first-order valence-electron chi connectivity index (χ1n) is 13.8. The first-order valence-corrected chi connectivity index (χ1v) is 15.0. The summed E-state index contributed by atoms with van der Waals surface area (Å²) in [7, 11) is 1.20. The monoisotopic (exact) mass is 660 g/mol. The van der Waals surface area contributed by atoms with Crippen LogP contribution in [-0.2, 0) is 25.7 Å². The Bertz CT molecular complexity index is 1990. The van der Waals surface area contributed by atoms with E-state index in [0.29, 0.717) is 28.4 Å². The van der Waals surface area contributed by atoms with Gasteiger partial charge in [-0.25, -0.2) is 4.79 Å². The van der Waals surface area contributed by atoms with Gasteiger partial charge in [-0.15, -0.1) is 0 Å². The summed E-state index contributed by atoms with van der Waals surface area (Å²) in [4.78, 5) is 65.0. The largest absolute Gasteiger partial charge is 0.465 e. The number of para-hydroxylation sites is 1. The Morgan fingerprint density at radius 3 is 2.43 bits per heavy atom. The van der Waals surface area contributed by atoms with Crippen molar-refractivity contribution in [3.63, 3.8) is 0 Å². The minimum absolute atomic E-state index is 0.0152. The van der Waals surface area contributed by atoms with E-state index in [1.54, 1.807) is 24.3 Å². The smallest absolute Gasteiger partial charge is 0.339 e. The molecular weight excluding hydrogens is 636 g/mol. The molecule has 4 aromatic rings. The fourth-order valence-corrected chi connectivity index (χ4v) is 6.16. The summed E-state index contributed by atoms with van der Waals surface area (Å²) in [5.41, 5.74) is 2.98. The molecule has 4 amide bonds. The molecule has 0 radical (unpaired) electrons. The van der Waals surface area contributed by atoms with Crippen molar-refractivity contribution in [2.24, 2.45) is 0 Å². The standard InChI is InChI=1S/C32H25ClN4O8S/c1-17-21(20-5-3-4-6-24(20)36(17)14-28(38)35-19-8-10-25-26(12-19)45-16-44-25)13-27-30(40)37(32(42)46-27)15-29(39)34-18-7-9-23(33)22(11-18)31(41)43-2/h3-13H,14-16H2,1-2H3,(H,34,39)(H,35,38)/b27-13-. The molecule has 14 heteroatoms. The average molecular weight is 661 g/mol. The summed E-state index contributed by atoms with van der Waals surface area (Å²) in [6, 6.07) is 16.8. The summed E-state index contributed by atoms with van der Waals surface area (Å²) < 4.78 is 17.2. The minimum Gasteiger partial charge on any atom is -0.465 e. The predicted octanol–water partition coefficient (Wildman–Crippen LogP) is 5.43. The number of carbonyl (C=O) groups is 5. The number of esters is 1. The van der Waals surface area contributed by atoms with E-state index in [1.165, 1.54) is 25.3 Å². The second kappa shape index (κ2) is 12.6. The summed E-state index contributed by atoms with van der Waals surface area (Å²) in [6.45, 7) is 1.39. The Morgan fingerprint density at radius 2 is 1.65 bits per heavy atom. The SMILES string of the molecule is COC(=O)c1cc(NC(=O)CN2C(=O)S/C(=C\c3c(C)n(CC(=O)Nc4ccc5c(c4)OCO5)c4ccccc34)C2=O)ccc1Cl. The number of thioether (sulfide) groups is 1. The van der Waals surface area contributed by atoms with E-state index >= 15 is 0 Å². The van der Waals surface area contributed by atoms with Gasteiger partial charge in [0, 0.05) is 39.6 Å². The molecule has 2 aliphatic heterocycles. The van der Waals surface area contributed by atoms with Crippen LogP contribution in [0.3, 0.4) is 0 Å². The number of amides is 4. The van der Waals surface area contributed by atoms with Crippen LogP contribution in [0.1, 0.15) is 21.6 Å². The first-order chi connectivity index (χ1) is 22.1. The molecule has 0 saturated carbocycles. The van der Waals surface area contributed by atoms with E-state index in [2.05, 4.69) is 10.6 Å². The number of halogens is 1. The highest BCUT2D eigenvalue weighted by atomic mass is 35.5. The summed E-state index contributed by atoms with van der Waals surface area (Å²) >= 11 is 6.76. The van der Waals surface area contributed by atoms with Crippen LogP contribution < -0.4 is 20.1 Å². The number of anilines is 2. The Kier molecular flexibility index (Phi) is 8.43. The maximum atomic E-state index is 13.3. The third-order valence-corrected chi connectivity index (χ3v) is 8.58. The molecule has 3 heterocycles. The number of rotatable bonds is 8. The van der Waals surface area contributed by atoms with E-state index in [1.807, 2.05) is 35.8 Å². The summed E-state index contributed by atoms with van der Waals surface area (Å²) in [5, 5.41) is 5.76. The number of methoxy groups -OCH3 is 1. The zero-order chi connectivity index (χ0) is 32.5. The highest BCUT2D eigenvalue weighted by molar-refractivity contribution is 8.18. The third kappa shape index (κ3) is 6.02. The van der Waals surface area contributed by atoms with Crippen LogP contribution in [0.2, 0.25) is 5.02 Å². The van der Waals surface area contributed by atoms with Gasteiger partial charge in [-0.2, -0.15) is 0 Å². The van der Waals surface area contributed by atoms with E-state index < -0.39 is 29.6 Å². The minimum atomic E-state index is -0.681. The average Bonchev–Trinajstić information content (AvgIpc) is 3.69. The van der Waals surface area contributed by atoms with Gasteiger partial charge < -0.3 is 29.4 Å². The van der Waals surface area contributed by atoms with Gasteiger partial charge >= 0.3 is 5.97 Å². The van der Waals surface area contributed by atoms with Crippen molar-refractivity contribution in [2.75, 3.05) is 31.1 Å². The Balaban J connectivity index is 1.19. The second-order valence-electron chi connectivity index (χ2n) is 10.2. The zero-order valence-electron chi connectivity index (χ0n) is 24.4. The van der Waals surface area contributed by atoms with E-state index in [-0.39, 0.29) is 40.4 Å². The molecule has 12 nitrogen and oxygen atoms in total. The van der Waals surface area contributed by atoms with Crippen molar-refractivity contribution in [3.8, 4) is 11.5 Å². The van der Waals surface area contributed by atoms with Gasteiger partial charge in [-0.1, -0.05) is 29.8 Å². The molecule has 234 valence electrons. The first kappa shape index (κ1) is 30.7. The summed E-state index contributed by atoms with van der Waals surface area (Å²) in [5.74, 6) is -1.09. The van der Waals surface area contributed by atoms with Gasteiger partial charge in [0.1, 0.15) is 13.1 Å². The Hall–Kier alpha value is -5.27. The van der Waals surface area contributed by atoms with Gasteiger partial charge in [-0.05, 0) is 61.2 Å². The lowest BCUT2D eigenvalue weighted by Crippen LogP contribution is -2.36. The maximum absolute atomic E-state index is 13.3. The molecule has 1 saturated heterocycles. The molecule has 2 aliphatic rings. The van der Waals surface area contributed by atoms with E-state index in [4.69, 9.17) is 25.8 Å². The number of ether oxygens (including phenoxy) is 3. The molecule has 0 bridgehead atoms. The van der Waals surface area contributed by atoms with Crippen molar-refractivity contribution < 1.29 is 38.2 Å². The molecular formula is C32H25ClN4O8S. The molecule has 0 spiro atoms. The van der Waals surface area contributed by atoms with Gasteiger partial charge in [0.2, 0.25) is 18.6 Å². The van der Waals surface area contributed by atoms with Crippen LogP contribution in [0.25, 0.3) is 17.0 Å². The van der Waals surface area contributed by atoms with E-state index in [0.717, 1.165) is 27.6 Å². The van der Waals surface area contributed by atoms with Crippen molar-refractivity contribution in [1.82, 2.24) is 9.47 Å². The number of carbonyl (C=O) groups excluding carboxylic acids is 5. The van der Waals surface area contributed by atoms with Crippen LogP contribution in [-0.4, -0.2) is 58.8 Å². The van der Waals surface area contributed by atoms with Gasteiger partial charge in [0.25, 0.3) is 11.1 Å². The van der Waals surface area contributed by atoms with Crippen molar-refractivity contribution in [1.29, 1.82) is 0 Å². The van der Waals surface area contributed by atoms with Crippen LogP contribution in [0, 0.1) is 6.92 Å². The second-order valence-corrected chi connectivity index (χ2v) is 11.6. The van der Waals surface area contributed by atoms with Crippen molar-refractivity contribution >= 4 is 80.6 Å². The lowest BCUT2D eigenvalue weighted by atomic mass is 10.1. The topological polar surface area (TPSA) is 145 Å². The molecule has 1 aromatic heterocycles. The normalized spacial score (nSPS) is 14.7. The zero-order valence-corrected chi connectivity index (χ0v) is 26.0. The number of hydrogen-bond donors (Lipinski definition) is 2. The highest BCUT2D eigenvalue weighted by Crippen LogP contribution is 2.36. The molecule has 0 aliphatic carbocycles. The predicted molar refractivity (Wildman–Crippen MR) is 172 cm³/mol. The fraction of sp³-hybridized carbons (Fsp3) is 0.156. The van der Waals surface area contributed by atoms with Gasteiger partial charge in [0.05, 0.1) is 22.6 Å². The molecule has 46 heavy (non-hydrogen) atoms. The number of fused-ring (bicyclic) bond motifs is 2. The summed E-state index contributed by atoms with van der Waals surface area (Å²) in [6.07, 6.45) is 1.61. The molecule has 0 atom stereocenters. The highest BCUT2D eigenvalue weighted by Gasteiger charge is 2.37. The number of nitrogens with one attached hydrogen (secondary N) is 2. The van der Waals surface area contributed by atoms with Crippen LogP contribution in [0.15, 0.2) is 65.6 Å². The Labute approximate surface area is 271 Å². The van der Waals surface area contributed by atoms with Gasteiger partial charge in [0.15, 0.2) is 11.5 Å². The maximum Gasteiger partial charge on any atom is 0.339 e. The molecule has 3 aromatic carbocycles. The van der Waals surface area contributed by atoms with Crippen LogP contribution in [0.5, 0.6) is 11.5 Å². The third-order valence-electron chi connectivity index (χ3n) is 7.34. The molecule has 2 N–H and O–H groups in total. The number of benzene rings is 3. The van der Waals surface area contributed by atoms with Crippen LogP contribution in [0.4, 0.5) is 16.2 Å². The Morgan fingerprint density at radius 1 is 0.957 bits per heavy atom. The van der Waals surface area contributed by atoms with Crippen molar-refractivity contribution in [2.45, 2.75) is 13.5 Å². The number of nitrogens with zero attached hydrogens (tertiary/aromatic N) is 2. The number of aromatic nitrogens is 1. The fourth-order valence-electron chi connectivity index (χ4n) is 5.14. The lowest BCUT2D eigenvalue weighted by molar-refractivity contribution is -0.127. The molecule has 1 fully saturated rings. The molecule has 6 rings (SSSR count). The van der Waals surface area contributed by atoms with Crippen molar-refractivity contribution in [3.05, 3.63) is 87.4 Å². The lowest BCUT2D eigenvalue weighted by Gasteiger charge is -2.13. The molecule has 0 unspecified atom stereocenters. The van der Waals surface area contributed by atoms with E-state index in [9.17, 15) is 24.0 Å². The van der Waals surface area contributed by atoms with Gasteiger partial charge in [-0.3, -0.25) is 24.1 Å². The number of imide groups is 1. The van der Waals surface area contributed by atoms with Crippen LogP contribution >= 0.6 is 23.4 Å².